The van der Waals surface area contributed by atoms with Crippen LogP contribution in [-0.2, 0) is 4.79 Å². The summed E-state index contributed by atoms with van der Waals surface area (Å²) in [4.78, 5) is 11.3. The monoisotopic (exact) mass is 272 g/mol. The Morgan fingerprint density at radius 1 is 1.55 bits per heavy atom. The second-order valence-corrected chi connectivity index (χ2v) is 4.99. The fourth-order valence-corrected chi connectivity index (χ4v) is 2.28. The summed E-state index contributed by atoms with van der Waals surface area (Å²) < 4.78 is 5.35. The highest BCUT2D eigenvalue weighted by molar-refractivity contribution is 5.95. The smallest absolute Gasteiger partial charge is 0.262 e. The number of hydrogen-bond acceptors (Lipinski definition) is 3. The van der Waals surface area contributed by atoms with Gasteiger partial charge < -0.3 is 15.4 Å². The van der Waals surface area contributed by atoms with Gasteiger partial charge >= 0.3 is 0 Å². The molecule has 4 heteroatoms. The lowest BCUT2D eigenvalue weighted by Gasteiger charge is -2.23. The van der Waals surface area contributed by atoms with Crippen molar-refractivity contribution in [1.82, 2.24) is 5.32 Å². The van der Waals surface area contributed by atoms with Gasteiger partial charge in [-0.15, -0.1) is 12.3 Å². The van der Waals surface area contributed by atoms with Crippen LogP contribution in [0.1, 0.15) is 38.3 Å². The molecule has 0 saturated carbocycles. The molecule has 1 aliphatic heterocycles. The van der Waals surface area contributed by atoms with Crippen LogP contribution in [0.4, 0.5) is 5.69 Å². The molecule has 0 spiro atoms. The molecule has 0 fully saturated rings. The summed E-state index contributed by atoms with van der Waals surface area (Å²) in [5, 5.41) is 6.33. The first kappa shape index (κ1) is 14.4. The van der Waals surface area contributed by atoms with Crippen molar-refractivity contribution in [3.8, 4) is 18.1 Å². The van der Waals surface area contributed by atoms with E-state index in [1.807, 2.05) is 18.2 Å². The van der Waals surface area contributed by atoms with Crippen molar-refractivity contribution in [2.24, 2.45) is 0 Å². The lowest BCUT2D eigenvalue weighted by atomic mass is 10.0. The Kier molecular flexibility index (Phi) is 4.65. The van der Waals surface area contributed by atoms with E-state index in [0.717, 1.165) is 23.4 Å². The minimum absolute atomic E-state index is 0.0836. The zero-order valence-corrected chi connectivity index (χ0v) is 11.9. The van der Waals surface area contributed by atoms with Crippen LogP contribution in [0.3, 0.4) is 0 Å². The van der Waals surface area contributed by atoms with E-state index in [-0.39, 0.29) is 18.6 Å². The maximum absolute atomic E-state index is 11.3. The Morgan fingerprint density at radius 3 is 3.05 bits per heavy atom. The van der Waals surface area contributed by atoms with Crippen molar-refractivity contribution in [2.45, 2.75) is 38.8 Å². The minimum Gasteiger partial charge on any atom is -0.482 e. The fraction of sp³-hybridized carbons (Fsp3) is 0.438. The molecule has 1 aromatic rings. The van der Waals surface area contributed by atoms with E-state index < -0.39 is 0 Å². The van der Waals surface area contributed by atoms with Crippen LogP contribution in [0.5, 0.6) is 5.75 Å². The quantitative estimate of drug-likeness (QED) is 0.810. The Hall–Kier alpha value is -1.99. The van der Waals surface area contributed by atoms with Gasteiger partial charge in [0.15, 0.2) is 6.61 Å². The zero-order valence-electron chi connectivity index (χ0n) is 11.9. The molecule has 0 bridgehead atoms. The van der Waals surface area contributed by atoms with Crippen molar-refractivity contribution in [2.75, 3.05) is 11.9 Å². The molecular weight excluding hydrogens is 252 g/mol. The number of rotatable bonds is 5. The average Bonchev–Trinajstić information content (AvgIpc) is 2.45. The SMILES string of the molecule is C#CCC(CC)NC(C)c1ccc2c(c1)NC(=O)CO2. The molecule has 0 saturated heterocycles. The molecule has 1 amide bonds. The molecule has 20 heavy (non-hydrogen) atoms. The average molecular weight is 272 g/mol. The minimum atomic E-state index is -0.117. The van der Waals surface area contributed by atoms with E-state index in [0.29, 0.717) is 12.5 Å². The highest BCUT2D eigenvalue weighted by Gasteiger charge is 2.18. The number of carbonyl (C=O) groups is 1. The molecule has 0 radical (unpaired) electrons. The van der Waals surface area contributed by atoms with Gasteiger partial charge in [0, 0.05) is 18.5 Å². The lowest BCUT2D eigenvalue weighted by Crippen LogP contribution is -2.31. The summed E-state index contributed by atoms with van der Waals surface area (Å²) in [5.74, 6) is 3.29. The number of hydrogen-bond donors (Lipinski definition) is 2. The van der Waals surface area contributed by atoms with Crippen molar-refractivity contribution in [3.05, 3.63) is 23.8 Å². The van der Waals surface area contributed by atoms with Gasteiger partial charge in [-0.3, -0.25) is 4.79 Å². The maximum atomic E-state index is 11.3. The van der Waals surface area contributed by atoms with Crippen molar-refractivity contribution in [3.63, 3.8) is 0 Å². The topological polar surface area (TPSA) is 50.4 Å². The highest BCUT2D eigenvalue weighted by atomic mass is 16.5. The summed E-state index contributed by atoms with van der Waals surface area (Å²) in [6, 6.07) is 6.32. The first-order valence-corrected chi connectivity index (χ1v) is 6.90. The molecule has 1 aliphatic rings. The molecule has 2 unspecified atom stereocenters. The molecule has 1 heterocycles. The molecule has 2 rings (SSSR count). The van der Waals surface area contributed by atoms with Crippen molar-refractivity contribution in [1.29, 1.82) is 0 Å². The van der Waals surface area contributed by atoms with E-state index in [9.17, 15) is 4.79 Å². The third-order valence-electron chi connectivity index (χ3n) is 3.48. The first-order chi connectivity index (χ1) is 9.63. The van der Waals surface area contributed by atoms with E-state index in [4.69, 9.17) is 11.2 Å². The Labute approximate surface area is 119 Å². The van der Waals surface area contributed by atoms with Crippen molar-refractivity contribution >= 4 is 11.6 Å². The molecule has 2 N–H and O–H groups in total. The first-order valence-electron chi connectivity index (χ1n) is 6.90. The maximum Gasteiger partial charge on any atom is 0.262 e. The normalized spacial score (nSPS) is 16.4. The van der Waals surface area contributed by atoms with E-state index >= 15 is 0 Å². The summed E-state index contributed by atoms with van der Waals surface area (Å²) in [6.07, 6.45) is 7.07. The van der Waals surface area contributed by atoms with E-state index in [1.54, 1.807) is 0 Å². The summed E-state index contributed by atoms with van der Waals surface area (Å²) >= 11 is 0. The Balaban J connectivity index is 2.11. The number of benzene rings is 1. The third kappa shape index (κ3) is 3.31. The molecule has 2 atom stereocenters. The summed E-state index contributed by atoms with van der Waals surface area (Å²) in [5.41, 5.74) is 1.84. The summed E-state index contributed by atoms with van der Waals surface area (Å²) in [6.45, 7) is 4.29. The number of nitrogens with one attached hydrogen (secondary N) is 2. The van der Waals surface area contributed by atoms with E-state index in [2.05, 4.69) is 30.4 Å². The molecule has 4 nitrogen and oxygen atoms in total. The number of terminal acetylenes is 1. The number of anilines is 1. The predicted octanol–water partition coefficient (Wildman–Crippen LogP) is 2.47. The van der Waals surface area contributed by atoms with Crippen LogP contribution >= 0.6 is 0 Å². The number of amides is 1. The van der Waals surface area contributed by atoms with Gasteiger partial charge in [-0.1, -0.05) is 13.0 Å². The lowest BCUT2D eigenvalue weighted by molar-refractivity contribution is -0.118. The second-order valence-electron chi connectivity index (χ2n) is 4.99. The number of ether oxygens (including phenoxy) is 1. The van der Waals surface area contributed by atoms with Crippen LogP contribution < -0.4 is 15.4 Å². The van der Waals surface area contributed by atoms with Gasteiger partial charge in [0.2, 0.25) is 0 Å². The number of carbonyl (C=O) groups excluding carboxylic acids is 1. The molecular formula is C16H20N2O2. The van der Waals surface area contributed by atoms with Crippen LogP contribution in [0.15, 0.2) is 18.2 Å². The molecule has 1 aromatic carbocycles. The highest BCUT2D eigenvalue weighted by Crippen LogP contribution is 2.30. The van der Waals surface area contributed by atoms with Gasteiger partial charge in [-0.2, -0.15) is 0 Å². The predicted molar refractivity (Wildman–Crippen MR) is 79.6 cm³/mol. The van der Waals surface area contributed by atoms with Gasteiger partial charge in [0.1, 0.15) is 5.75 Å². The van der Waals surface area contributed by atoms with Crippen LogP contribution in [0, 0.1) is 12.3 Å². The number of fused-ring (bicyclic) bond motifs is 1. The Bertz CT molecular complexity index is 534. The molecule has 106 valence electrons. The second kappa shape index (κ2) is 6.44. The van der Waals surface area contributed by atoms with Gasteiger partial charge in [-0.05, 0) is 31.0 Å². The van der Waals surface area contributed by atoms with Gasteiger partial charge in [0.25, 0.3) is 5.91 Å². The Morgan fingerprint density at radius 2 is 2.35 bits per heavy atom. The van der Waals surface area contributed by atoms with E-state index in [1.165, 1.54) is 0 Å². The van der Waals surface area contributed by atoms with Gasteiger partial charge in [-0.25, -0.2) is 0 Å². The summed E-state index contributed by atoms with van der Waals surface area (Å²) in [7, 11) is 0. The third-order valence-corrected chi connectivity index (χ3v) is 3.48. The van der Waals surface area contributed by atoms with Crippen LogP contribution in [0.2, 0.25) is 0 Å². The molecule has 0 aliphatic carbocycles. The van der Waals surface area contributed by atoms with Crippen molar-refractivity contribution < 1.29 is 9.53 Å². The van der Waals surface area contributed by atoms with Crippen LogP contribution in [0.25, 0.3) is 0 Å². The zero-order chi connectivity index (χ0) is 14.5. The van der Waals surface area contributed by atoms with Gasteiger partial charge in [0.05, 0.1) is 5.69 Å². The van der Waals surface area contributed by atoms with Crippen LogP contribution in [-0.4, -0.2) is 18.6 Å². The standard InChI is InChI=1S/C16H20N2O2/c1-4-6-13(5-2)17-11(3)12-7-8-15-14(9-12)18-16(19)10-20-15/h1,7-9,11,13,17H,5-6,10H2,2-3H3,(H,18,19). The fourth-order valence-electron chi connectivity index (χ4n) is 2.28. The molecule has 0 aromatic heterocycles. The largest absolute Gasteiger partial charge is 0.482 e.